The Morgan fingerprint density at radius 3 is 2.93 bits per heavy atom. The van der Waals surface area contributed by atoms with Gasteiger partial charge in [0, 0.05) is 0 Å². The number of carboxylic acid groups (broad SMARTS) is 1. The first-order chi connectivity index (χ1) is 7.15. The molecule has 2 aromatic heterocycles. The third kappa shape index (κ3) is 1.46. The molecule has 15 heavy (non-hydrogen) atoms. The van der Waals surface area contributed by atoms with Gasteiger partial charge in [-0.15, -0.1) is 0 Å². The molecular weight excluding hydrogens is 264 g/mol. The van der Waals surface area contributed by atoms with E-state index in [0.717, 1.165) is 0 Å². The van der Waals surface area contributed by atoms with Gasteiger partial charge in [-0.05, 0) is 28.1 Å². The van der Waals surface area contributed by atoms with Crippen LogP contribution in [0.3, 0.4) is 0 Å². The predicted molar refractivity (Wildman–Crippen MR) is 56.4 cm³/mol. The first-order valence-corrected chi connectivity index (χ1v) is 4.88. The third-order valence-electron chi connectivity index (χ3n) is 1.96. The molecule has 2 rings (SSSR count). The van der Waals surface area contributed by atoms with Crippen LogP contribution in [0.5, 0.6) is 5.88 Å². The SMILES string of the molecule is COc1nc2cccc(Br)n2c1C(=O)O. The molecule has 0 radical (unpaired) electrons. The van der Waals surface area contributed by atoms with Gasteiger partial charge in [-0.3, -0.25) is 4.40 Å². The third-order valence-corrected chi connectivity index (χ3v) is 2.58. The molecule has 0 bridgehead atoms. The van der Waals surface area contributed by atoms with Crippen LogP contribution < -0.4 is 4.74 Å². The van der Waals surface area contributed by atoms with Crippen LogP contribution in [0.4, 0.5) is 0 Å². The zero-order chi connectivity index (χ0) is 11.0. The van der Waals surface area contributed by atoms with E-state index in [9.17, 15) is 4.79 Å². The van der Waals surface area contributed by atoms with Crippen molar-refractivity contribution in [3.63, 3.8) is 0 Å². The number of aromatic nitrogens is 2. The van der Waals surface area contributed by atoms with E-state index in [4.69, 9.17) is 9.84 Å². The lowest BCUT2D eigenvalue weighted by Crippen LogP contribution is -2.04. The van der Waals surface area contributed by atoms with E-state index in [1.807, 2.05) is 0 Å². The Bertz CT molecular complexity index is 535. The number of nitrogens with zero attached hydrogens (tertiary/aromatic N) is 2. The molecule has 0 saturated heterocycles. The largest absolute Gasteiger partial charge is 0.479 e. The molecule has 5 nitrogen and oxygen atoms in total. The van der Waals surface area contributed by atoms with Gasteiger partial charge in [0.2, 0.25) is 5.88 Å². The van der Waals surface area contributed by atoms with Gasteiger partial charge in [-0.1, -0.05) is 6.07 Å². The number of hydrogen-bond donors (Lipinski definition) is 1. The lowest BCUT2D eigenvalue weighted by atomic mass is 10.4. The molecule has 0 aliphatic heterocycles. The monoisotopic (exact) mass is 270 g/mol. The highest BCUT2D eigenvalue weighted by Crippen LogP contribution is 2.23. The van der Waals surface area contributed by atoms with E-state index >= 15 is 0 Å². The number of fused-ring (bicyclic) bond motifs is 1. The van der Waals surface area contributed by atoms with E-state index in [1.165, 1.54) is 11.5 Å². The molecule has 0 aliphatic carbocycles. The number of aromatic carboxylic acids is 1. The minimum atomic E-state index is -1.08. The summed E-state index contributed by atoms with van der Waals surface area (Å²) in [5.41, 5.74) is 0.540. The molecule has 6 heteroatoms. The van der Waals surface area contributed by atoms with Crippen LogP contribution >= 0.6 is 15.9 Å². The first kappa shape index (κ1) is 9.97. The maximum Gasteiger partial charge on any atom is 0.358 e. The summed E-state index contributed by atoms with van der Waals surface area (Å²) >= 11 is 3.26. The zero-order valence-corrected chi connectivity index (χ0v) is 9.35. The Balaban J connectivity index is 2.88. The lowest BCUT2D eigenvalue weighted by Gasteiger charge is -2.00. The van der Waals surface area contributed by atoms with E-state index in [-0.39, 0.29) is 11.6 Å². The normalized spacial score (nSPS) is 10.5. The molecule has 0 amide bonds. The Kier molecular flexibility index (Phi) is 2.36. The van der Waals surface area contributed by atoms with Gasteiger partial charge in [0.05, 0.1) is 11.7 Å². The fourth-order valence-corrected chi connectivity index (χ4v) is 1.87. The number of carboxylic acids is 1. The summed E-state index contributed by atoms with van der Waals surface area (Å²) in [6.45, 7) is 0. The van der Waals surface area contributed by atoms with Gasteiger partial charge >= 0.3 is 5.97 Å². The van der Waals surface area contributed by atoms with Crippen molar-refractivity contribution in [1.29, 1.82) is 0 Å². The number of carbonyl (C=O) groups is 1. The molecular formula is C9H7BrN2O3. The Hall–Kier alpha value is -1.56. The second-order valence-electron chi connectivity index (χ2n) is 2.82. The molecule has 2 aromatic rings. The van der Waals surface area contributed by atoms with Crippen molar-refractivity contribution >= 4 is 27.5 Å². The Labute approximate surface area is 93.4 Å². The molecule has 0 aromatic carbocycles. The van der Waals surface area contributed by atoms with Gasteiger partial charge in [-0.25, -0.2) is 4.79 Å². The maximum absolute atomic E-state index is 11.0. The summed E-state index contributed by atoms with van der Waals surface area (Å²) in [4.78, 5) is 15.1. The van der Waals surface area contributed by atoms with Crippen LogP contribution in [0.1, 0.15) is 10.5 Å². The van der Waals surface area contributed by atoms with Crippen molar-refractivity contribution in [3.05, 3.63) is 28.5 Å². The fourth-order valence-electron chi connectivity index (χ4n) is 1.36. The molecule has 2 heterocycles. The molecule has 0 fully saturated rings. The van der Waals surface area contributed by atoms with Crippen molar-refractivity contribution < 1.29 is 14.6 Å². The molecule has 0 aliphatic rings. The highest BCUT2D eigenvalue weighted by atomic mass is 79.9. The van der Waals surface area contributed by atoms with Gasteiger partial charge in [0.1, 0.15) is 5.65 Å². The Morgan fingerprint density at radius 1 is 1.60 bits per heavy atom. The summed E-state index contributed by atoms with van der Waals surface area (Å²) in [5.74, 6) is -0.972. The summed E-state index contributed by atoms with van der Waals surface area (Å²) in [6.07, 6.45) is 0. The minimum absolute atomic E-state index is 0.0139. The smallest absolute Gasteiger partial charge is 0.358 e. The minimum Gasteiger partial charge on any atom is -0.479 e. The highest BCUT2D eigenvalue weighted by Gasteiger charge is 2.20. The maximum atomic E-state index is 11.0. The van der Waals surface area contributed by atoms with Crippen LogP contribution in [0.25, 0.3) is 5.65 Å². The summed E-state index contributed by atoms with van der Waals surface area (Å²) in [5, 5.41) is 9.05. The van der Waals surface area contributed by atoms with Crippen molar-refractivity contribution in [1.82, 2.24) is 9.38 Å². The molecule has 0 unspecified atom stereocenters. The van der Waals surface area contributed by atoms with Crippen molar-refractivity contribution in [3.8, 4) is 5.88 Å². The fraction of sp³-hybridized carbons (Fsp3) is 0.111. The number of ether oxygens (including phenoxy) is 1. The van der Waals surface area contributed by atoms with Crippen molar-refractivity contribution in [2.75, 3.05) is 7.11 Å². The van der Waals surface area contributed by atoms with E-state index in [2.05, 4.69) is 20.9 Å². The number of rotatable bonds is 2. The standard InChI is InChI=1S/C9H7BrN2O3/c1-15-8-7(9(13)14)12-5(10)3-2-4-6(12)11-8/h2-4H,1H3,(H,13,14). The van der Waals surface area contributed by atoms with Crippen LogP contribution in [0.2, 0.25) is 0 Å². The number of imidazole rings is 1. The van der Waals surface area contributed by atoms with Crippen molar-refractivity contribution in [2.45, 2.75) is 0 Å². The number of hydrogen-bond acceptors (Lipinski definition) is 3. The average Bonchev–Trinajstić information content (AvgIpc) is 2.57. The van der Waals surface area contributed by atoms with Gasteiger partial charge in [-0.2, -0.15) is 4.98 Å². The predicted octanol–water partition coefficient (Wildman–Crippen LogP) is 1.80. The van der Waals surface area contributed by atoms with Gasteiger partial charge < -0.3 is 9.84 Å². The summed E-state index contributed by atoms with van der Waals surface area (Å²) in [7, 11) is 1.39. The van der Waals surface area contributed by atoms with Crippen LogP contribution in [0, 0.1) is 0 Å². The van der Waals surface area contributed by atoms with Gasteiger partial charge in [0.25, 0.3) is 0 Å². The van der Waals surface area contributed by atoms with Crippen LogP contribution in [0.15, 0.2) is 22.8 Å². The number of methoxy groups -OCH3 is 1. The summed E-state index contributed by atoms with van der Waals surface area (Å²) in [6, 6.07) is 5.22. The van der Waals surface area contributed by atoms with Crippen LogP contribution in [-0.2, 0) is 0 Å². The number of halogens is 1. The zero-order valence-electron chi connectivity index (χ0n) is 7.77. The second kappa shape index (κ2) is 3.54. The molecule has 0 spiro atoms. The molecule has 78 valence electrons. The van der Waals surface area contributed by atoms with E-state index in [0.29, 0.717) is 10.3 Å². The summed E-state index contributed by atoms with van der Waals surface area (Å²) < 4.78 is 7.01. The van der Waals surface area contributed by atoms with E-state index < -0.39 is 5.97 Å². The second-order valence-corrected chi connectivity index (χ2v) is 3.63. The highest BCUT2D eigenvalue weighted by molar-refractivity contribution is 9.10. The van der Waals surface area contributed by atoms with Crippen LogP contribution in [-0.4, -0.2) is 27.6 Å². The van der Waals surface area contributed by atoms with Crippen molar-refractivity contribution in [2.24, 2.45) is 0 Å². The number of pyridine rings is 1. The van der Waals surface area contributed by atoms with Gasteiger partial charge in [0.15, 0.2) is 5.69 Å². The Morgan fingerprint density at radius 2 is 2.33 bits per heavy atom. The topological polar surface area (TPSA) is 63.8 Å². The first-order valence-electron chi connectivity index (χ1n) is 4.09. The lowest BCUT2D eigenvalue weighted by molar-refractivity contribution is 0.0685. The molecule has 0 atom stereocenters. The van der Waals surface area contributed by atoms with E-state index in [1.54, 1.807) is 18.2 Å². The molecule has 1 N–H and O–H groups in total. The average molecular weight is 271 g/mol. The quantitative estimate of drug-likeness (QED) is 0.846. The molecule has 0 saturated carbocycles.